The molecule has 0 unspecified atom stereocenters. The average molecular weight is 499 g/mol. The van der Waals surface area contributed by atoms with Crippen LogP contribution in [-0.4, -0.2) is 21.1 Å². The Balaban J connectivity index is 1.55. The van der Waals surface area contributed by atoms with Crippen LogP contribution in [0, 0.1) is 0 Å². The van der Waals surface area contributed by atoms with Gasteiger partial charge in [-0.15, -0.1) is 11.3 Å². The Kier molecular flexibility index (Phi) is 5.94. The predicted octanol–water partition coefficient (Wildman–Crippen LogP) is 6.69. The maximum atomic E-state index is 14.4. The van der Waals surface area contributed by atoms with Gasteiger partial charge in [-0.1, -0.05) is 79.6 Å². The molecule has 0 atom stereocenters. The van der Waals surface area contributed by atoms with E-state index in [0.29, 0.717) is 5.16 Å². The lowest BCUT2D eigenvalue weighted by atomic mass is 9.62. The Morgan fingerprint density at radius 3 is 2.51 bits per heavy atom. The summed E-state index contributed by atoms with van der Waals surface area (Å²) in [5.74, 6) is 0.298. The minimum absolute atomic E-state index is 0.0173. The summed E-state index contributed by atoms with van der Waals surface area (Å²) < 4.78 is 1.75. The van der Waals surface area contributed by atoms with Crippen molar-refractivity contribution in [1.82, 2.24) is 9.55 Å². The zero-order valence-electron chi connectivity index (χ0n) is 19.4. The fourth-order valence-electron chi connectivity index (χ4n) is 5.73. The molecule has 1 fully saturated rings. The molecule has 0 amide bonds. The number of benzene rings is 2. The molecule has 6 rings (SSSR count). The van der Waals surface area contributed by atoms with Crippen LogP contribution < -0.4 is 5.56 Å². The first kappa shape index (κ1) is 22.5. The quantitative estimate of drug-likeness (QED) is 0.175. The summed E-state index contributed by atoms with van der Waals surface area (Å²) >= 11 is 2.80. The summed E-state index contributed by atoms with van der Waals surface area (Å²) in [6.45, 7) is 0. The van der Waals surface area contributed by atoms with E-state index in [0.717, 1.165) is 59.5 Å². The van der Waals surface area contributed by atoms with Gasteiger partial charge < -0.3 is 0 Å². The molecule has 0 N–H and O–H groups in total. The third-order valence-electron chi connectivity index (χ3n) is 7.34. The number of carbonyl (C=O) groups excluding carboxylic acids is 1. The van der Waals surface area contributed by atoms with Gasteiger partial charge in [-0.25, -0.2) is 4.98 Å². The molecule has 6 heteroatoms. The summed E-state index contributed by atoms with van der Waals surface area (Å²) in [4.78, 5) is 33.1. The minimum Gasteiger partial charge on any atom is -0.292 e. The topological polar surface area (TPSA) is 52.0 Å². The van der Waals surface area contributed by atoms with E-state index >= 15 is 0 Å². The number of hydrogen-bond acceptors (Lipinski definition) is 5. The zero-order valence-corrected chi connectivity index (χ0v) is 21.0. The van der Waals surface area contributed by atoms with Crippen molar-refractivity contribution in [3.63, 3.8) is 0 Å². The molecule has 2 aromatic carbocycles. The Labute approximate surface area is 213 Å². The van der Waals surface area contributed by atoms with E-state index in [1.807, 2.05) is 53.9 Å². The van der Waals surface area contributed by atoms with E-state index in [4.69, 9.17) is 4.98 Å². The molecular weight excluding hydrogens is 472 g/mol. The Hall–Kier alpha value is -2.96. The van der Waals surface area contributed by atoms with Gasteiger partial charge >= 0.3 is 0 Å². The van der Waals surface area contributed by atoms with Crippen LogP contribution in [0.5, 0.6) is 0 Å². The molecule has 0 aliphatic heterocycles. The highest BCUT2D eigenvalue weighted by atomic mass is 32.2. The number of ketones is 1. The highest BCUT2D eigenvalue weighted by molar-refractivity contribution is 7.99. The van der Waals surface area contributed by atoms with Crippen LogP contribution in [-0.2, 0) is 11.8 Å². The van der Waals surface area contributed by atoms with Gasteiger partial charge in [0.05, 0.1) is 27.6 Å². The average Bonchev–Trinajstić information content (AvgIpc) is 3.43. The first-order valence-corrected chi connectivity index (χ1v) is 14.0. The maximum Gasteiger partial charge on any atom is 0.263 e. The smallest absolute Gasteiger partial charge is 0.263 e. The van der Waals surface area contributed by atoms with Gasteiger partial charge in [0.15, 0.2) is 10.9 Å². The van der Waals surface area contributed by atoms with Crippen LogP contribution in [0.3, 0.4) is 0 Å². The molecule has 35 heavy (non-hydrogen) atoms. The number of nitrogens with zero attached hydrogens (tertiary/aromatic N) is 2. The summed E-state index contributed by atoms with van der Waals surface area (Å²) in [5.41, 5.74) is 4.66. The summed E-state index contributed by atoms with van der Waals surface area (Å²) in [6.07, 6.45) is 6.42. The molecule has 0 radical (unpaired) electrons. The van der Waals surface area contributed by atoms with Crippen molar-refractivity contribution >= 4 is 28.9 Å². The van der Waals surface area contributed by atoms with Gasteiger partial charge in [0.2, 0.25) is 0 Å². The molecule has 2 aromatic heterocycles. The minimum atomic E-state index is -0.168. The van der Waals surface area contributed by atoms with Crippen LogP contribution in [0.1, 0.15) is 52.9 Å². The Morgan fingerprint density at radius 1 is 0.971 bits per heavy atom. The van der Waals surface area contributed by atoms with Crippen LogP contribution in [0.25, 0.3) is 16.9 Å². The van der Waals surface area contributed by atoms with Crippen molar-refractivity contribution in [3.8, 4) is 16.9 Å². The lowest BCUT2D eigenvalue weighted by molar-refractivity contribution is 0.102. The summed E-state index contributed by atoms with van der Waals surface area (Å²) in [5, 5.41) is 2.49. The molecule has 1 spiro atoms. The number of para-hydroxylation sites is 1. The van der Waals surface area contributed by atoms with E-state index in [-0.39, 0.29) is 22.5 Å². The van der Waals surface area contributed by atoms with Crippen molar-refractivity contribution < 1.29 is 4.79 Å². The number of hydrogen-bond donors (Lipinski definition) is 0. The second-order valence-electron chi connectivity index (χ2n) is 9.46. The number of thiophene rings is 1. The Morgan fingerprint density at radius 2 is 1.74 bits per heavy atom. The number of thioether (sulfide) groups is 1. The first-order valence-electron chi connectivity index (χ1n) is 12.2. The van der Waals surface area contributed by atoms with Crippen molar-refractivity contribution in [2.45, 2.75) is 49.1 Å². The van der Waals surface area contributed by atoms with Crippen molar-refractivity contribution in [1.29, 1.82) is 0 Å². The third-order valence-corrected chi connectivity index (χ3v) is 9.19. The number of Topliss-reactive ketones (excluding diaryl/α,β-unsaturated/α-hetero) is 1. The van der Waals surface area contributed by atoms with Crippen LogP contribution in [0.2, 0.25) is 0 Å². The Bertz CT molecular complexity index is 1440. The van der Waals surface area contributed by atoms with E-state index in [1.54, 1.807) is 4.57 Å². The van der Waals surface area contributed by atoms with Gasteiger partial charge in [0, 0.05) is 11.0 Å². The zero-order chi connectivity index (χ0) is 23.8. The second-order valence-corrected chi connectivity index (χ2v) is 11.3. The number of aromatic nitrogens is 2. The van der Waals surface area contributed by atoms with Gasteiger partial charge in [-0.3, -0.25) is 14.2 Å². The molecule has 4 aromatic rings. The van der Waals surface area contributed by atoms with Crippen molar-refractivity contribution in [2.24, 2.45) is 0 Å². The number of fused-ring (bicyclic) bond motifs is 4. The molecule has 4 nitrogen and oxygen atoms in total. The lowest BCUT2D eigenvalue weighted by Gasteiger charge is -2.42. The largest absolute Gasteiger partial charge is 0.292 e. The summed E-state index contributed by atoms with van der Waals surface area (Å²) in [7, 11) is 0. The fourth-order valence-corrected chi connectivity index (χ4v) is 7.37. The van der Waals surface area contributed by atoms with Crippen molar-refractivity contribution in [2.75, 3.05) is 5.75 Å². The molecule has 176 valence electrons. The lowest BCUT2D eigenvalue weighted by Crippen LogP contribution is -2.42. The van der Waals surface area contributed by atoms with E-state index in [9.17, 15) is 9.59 Å². The second kappa shape index (κ2) is 9.25. The highest BCUT2D eigenvalue weighted by Gasteiger charge is 2.43. The van der Waals surface area contributed by atoms with E-state index < -0.39 is 0 Å². The van der Waals surface area contributed by atoms with Crippen LogP contribution in [0.4, 0.5) is 0 Å². The van der Waals surface area contributed by atoms with E-state index in [2.05, 4.69) is 18.2 Å². The third kappa shape index (κ3) is 3.99. The van der Waals surface area contributed by atoms with Gasteiger partial charge in [0.1, 0.15) is 0 Å². The molecule has 2 aliphatic carbocycles. The fraction of sp³-hybridized carbons (Fsp3) is 0.276. The van der Waals surface area contributed by atoms with Gasteiger partial charge in [0.25, 0.3) is 5.56 Å². The molecule has 0 bridgehead atoms. The normalized spacial score (nSPS) is 16.0. The van der Waals surface area contributed by atoms with Crippen LogP contribution in [0.15, 0.2) is 82.1 Å². The molecule has 1 saturated carbocycles. The van der Waals surface area contributed by atoms with E-state index in [1.165, 1.54) is 35.1 Å². The highest BCUT2D eigenvalue weighted by Crippen LogP contribution is 2.49. The number of rotatable bonds is 5. The SMILES string of the molecule is O=C(CSc1nc2c(c(=O)n1-c1ccccc1)C1(CCCCC1)Cc1ccccc1-2)c1cccs1. The summed E-state index contributed by atoms with van der Waals surface area (Å²) in [6, 6.07) is 21.9. The number of carbonyl (C=O) groups is 1. The molecule has 2 heterocycles. The predicted molar refractivity (Wildman–Crippen MR) is 143 cm³/mol. The molecule has 2 aliphatic rings. The monoisotopic (exact) mass is 498 g/mol. The maximum absolute atomic E-state index is 14.4. The van der Waals surface area contributed by atoms with Gasteiger partial charge in [-0.05, 0) is 48.4 Å². The standard InChI is InChI=1S/C29H26N2O2S2/c32-23(24-14-9-17-34-24)19-35-28-30-26-22-13-6-5-10-20(22)18-29(15-7-2-8-16-29)25(26)27(33)31(28)21-11-3-1-4-12-21/h1,3-6,9-14,17H,2,7-8,15-16,18-19H2. The van der Waals surface area contributed by atoms with Gasteiger partial charge in [-0.2, -0.15) is 0 Å². The molecular formula is C29H26N2O2S2. The first-order chi connectivity index (χ1) is 17.2. The molecule has 0 saturated heterocycles. The van der Waals surface area contributed by atoms with Crippen LogP contribution >= 0.6 is 23.1 Å². The van der Waals surface area contributed by atoms with Crippen molar-refractivity contribution in [3.05, 3.63) is 98.5 Å².